The van der Waals surface area contributed by atoms with Crippen LogP contribution in [0.4, 0.5) is 5.69 Å². The molecule has 2 amide bonds. The molecule has 0 atom stereocenters. The molecule has 1 heterocycles. The number of anilines is 1. The number of hydrogen-bond acceptors (Lipinski definition) is 4. The van der Waals surface area contributed by atoms with Gasteiger partial charge in [-0.3, -0.25) is 9.59 Å². The highest BCUT2D eigenvalue weighted by molar-refractivity contribution is 7.93. The number of fused-ring (bicyclic) bond motifs is 1. The highest BCUT2D eigenvalue weighted by atomic mass is 32.2. The molecule has 28 heavy (non-hydrogen) atoms. The van der Waals surface area contributed by atoms with Crippen molar-refractivity contribution in [3.63, 3.8) is 0 Å². The molecule has 0 fully saturated rings. The molecule has 6 nitrogen and oxygen atoms in total. The summed E-state index contributed by atoms with van der Waals surface area (Å²) in [6, 6.07) is 14.1. The quantitative estimate of drug-likeness (QED) is 0.855. The minimum Gasteiger partial charge on any atom is -0.350 e. The van der Waals surface area contributed by atoms with Crippen molar-refractivity contribution < 1.29 is 18.0 Å². The number of aryl methyl sites for hydroxylation is 1. The van der Waals surface area contributed by atoms with Crippen molar-refractivity contribution in [2.45, 2.75) is 43.4 Å². The zero-order valence-corrected chi connectivity index (χ0v) is 17.0. The first-order valence-electron chi connectivity index (χ1n) is 9.08. The maximum Gasteiger partial charge on any atom is 0.240 e. The Morgan fingerprint density at radius 3 is 2.43 bits per heavy atom. The molecule has 1 N–H and O–H groups in total. The summed E-state index contributed by atoms with van der Waals surface area (Å²) in [6.07, 6.45) is -0.185. The van der Waals surface area contributed by atoms with E-state index < -0.39 is 14.6 Å². The molecule has 0 bridgehead atoms. The molecule has 0 spiro atoms. The van der Waals surface area contributed by atoms with Crippen molar-refractivity contribution in [1.82, 2.24) is 5.32 Å². The highest BCUT2D eigenvalue weighted by Crippen LogP contribution is 2.38. The Balaban J connectivity index is 1.83. The van der Waals surface area contributed by atoms with Gasteiger partial charge < -0.3 is 10.2 Å². The van der Waals surface area contributed by atoms with Gasteiger partial charge in [0, 0.05) is 13.0 Å². The third-order valence-corrected chi connectivity index (χ3v) is 7.49. The smallest absolute Gasteiger partial charge is 0.240 e. The van der Waals surface area contributed by atoms with Gasteiger partial charge in [0.15, 0.2) is 9.84 Å². The van der Waals surface area contributed by atoms with E-state index in [0.29, 0.717) is 6.54 Å². The molecule has 0 saturated carbocycles. The third kappa shape index (κ3) is 3.80. The third-order valence-electron chi connectivity index (χ3n) is 4.96. The van der Waals surface area contributed by atoms with E-state index in [-0.39, 0.29) is 35.4 Å². The van der Waals surface area contributed by atoms with Gasteiger partial charge in [-0.15, -0.1) is 0 Å². The fourth-order valence-corrected chi connectivity index (χ4v) is 4.79. The molecule has 0 aliphatic carbocycles. The Kier molecular flexibility index (Phi) is 5.30. The van der Waals surface area contributed by atoms with Crippen LogP contribution in [0.2, 0.25) is 0 Å². The lowest BCUT2D eigenvalue weighted by atomic mass is 10.1. The summed E-state index contributed by atoms with van der Waals surface area (Å²) in [5.41, 5.74) is 2.33. The topological polar surface area (TPSA) is 83.6 Å². The van der Waals surface area contributed by atoms with Crippen molar-refractivity contribution in [3.8, 4) is 0 Å². The van der Waals surface area contributed by atoms with Crippen molar-refractivity contribution in [2.75, 3.05) is 11.4 Å². The van der Waals surface area contributed by atoms with Crippen LogP contribution in [0.15, 0.2) is 53.4 Å². The van der Waals surface area contributed by atoms with E-state index in [0.717, 1.165) is 11.1 Å². The lowest BCUT2D eigenvalue weighted by Gasteiger charge is -2.22. The number of nitrogens with zero attached hydrogens (tertiary/aromatic N) is 1. The van der Waals surface area contributed by atoms with Gasteiger partial charge in [0.1, 0.15) is 6.54 Å². The molecular formula is C21H24N2O4S. The second-order valence-electron chi connectivity index (χ2n) is 7.65. The summed E-state index contributed by atoms with van der Waals surface area (Å²) in [5, 5.41) is 2.80. The fourth-order valence-electron chi connectivity index (χ4n) is 3.17. The van der Waals surface area contributed by atoms with Crippen LogP contribution >= 0.6 is 0 Å². The Labute approximate surface area is 165 Å². The summed E-state index contributed by atoms with van der Waals surface area (Å²) in [4.78, 5) is 26.6. The molecular weight excluding hydrogens is 376 g/mol. The number of hydrogen-bond donors (Lipinski definition) is 1. The number of nitrogens with one attached hydrogen (secondary N) is 1. The molecule has 2 aromatic rings. The van der Waals surface area contributed by atoms with E-state index in [9.17, 15) is 18.0 Å². The summed E-state index contributed by atoms with van der Waals surface area (Å²) >= 11 is 0. The van der Waals surface area contributed by atoms with E-state index in [1.54, 1.807) is 18.2 Å². The first-order valence-corrected chi connectivity index (χ1v) is 10.6. The summed E-state index contributed by atoms with van der Waals surface area (Å²) < 4.78 is 24.7. The van der Waals surface area contributed by atoms with E-state index in [4.69, 9.17) is 0 Å². The van der Waals surface area contributed by atoms with Gasteiger partial charge in [-0.2, -0.15) is 0 Å². The molecule has 0 radical (unpaired) electrons. The molecule has 0 aromatic heterocycles. The Morgan fingerprint density at radius 1 is 1.11 bits per heavy atom. The number of rotatable bonds is 4. The van der Waals surface area contributed by atoms with Crippen LogP contribution in [0.3, 0.4) is 0 Å². The number of amides is 2. The van der Waals surface area contributed by atoms with Gasteiger partial charge in [-0.25, -0.2) is 8.42 Å². The molecule has 1 aliphatic heterocycles. The molecule has 148 valence electrons. The molecule has 0 saturated heterocycles. The Hall–Kier alpha value is -2.67. The molecule has 2 aromatic carbocycles. The molecule has 3 rings (SSSR count). The van der Waals surface area contributed by atoms with Gasteiger partial charge in [0.05, 0.1) is 15.3 Å². The normalized spacial score (nSPS) is 17.5. The first-order chi connectivity index (χ1) is 13.1. The van der Waals surface area contributed by atoms with Gasteiger partial charge in [0.2, 0.25) is 11.8 Å². The Bertz CT molecular complexity index is 1010. The number of benzene rings is 2. The van der Waals surface area contributed by atoms with E-state index >= 15 is 0 Å². The zero-order chi connectivity index (χ0) is 20.5. The van der Waals surface area contributed by atoms with Crippen molar-refractivity contribution in [1.29, 1.82) is 0 Å². The SMILES string of the molecule is Cc1ccc(CNC(=O)CN2C(=O)CC(C)(C)S(=O)(=O)c3ccccc32)cc1. The van der Waals surface area contributed by atoms with Crippen LogP contribution in [0, 0.1) is 6.92 Å². The van der Waals surface area contributed by atoms with Crippen LogP contribution in [-0.2, 0) is 26.0 Å². The lowest BCUT2D eigenvalue weighted by molar-refractivity contribution is -0.124. The number of carbonyl (C=O) groups excluding carboxylic acids is 2. The van der Waals surface area contributed by atoms with Crippen LogP contribution in [-0.4, -0.2) is 31.5 Å². The van der Waals surface area contributed by atoms with E-state index in [2.05, 4.69) is 5.32 Å². The minimum atomic E-state index is -3.71. The maximum absolute atomic E-state index is 13.0. The van der Waals surface area contributed by atoms with Gasteiger partial charge in [0.25, 0.3) is 0 Å². The molecule has 1 aliphatic rings. The molecule has 7 heteroatoms. The molecule has 0 unspecified atom stereocenters. The van der Waals surface area contributed by atoms with Crippen LogP contribution in [0.1, 0.15) is 31.4 Å². The minimum absolute atomic E-state index is 0.0807. The fraction of sp³-hybridized carbons (Fsp3) is 0.333. The van der Waals surface area contributed by atoms with Crippen molar-refractivity contribution in [2.24, 2.45) is 0 Å². The maximum atomic E-state index is 13.0. The predicted octanol–water partition coefficient (Wildman–Crippen LogP) is 2.60. The van der Waals surface area contributed by atoms with Crippen molar-refractivity contribution in [3.05, 3.63) is 59.7 Å². The predicted molar refractivity (Wildman–Crippen MR) is 108 cm³/mol. The summed E-state index contributed by atoms with van der Waals surface area (Å²) in [5.74, 6) is -0.732. The first kappa shape index (κ1) is 20.1. The van der Waals surface area contributed by atoms with Gasteiger partial charge in [-0.1, -0.05) is 42.0 Å². The van der Waals surface area contributed by atoms with E-state index in [1.165, 1.54) is 24.8 Å². The summed E-state index contributed by atoms with van der Waals surface area (Å²) in [7, 11) is -3.71. The summed E-state index contributed by atoms with van der Waals surface area (Å²) in [6.45, 7) is 5.18. The van der Waals surface area contributed by atoms with Crippen LogP contribution < -0.4 is 10.2 Å². The standard InChI is InChI=1S/C21H24N2O4S/c1-15-8-10-16(11-9-15)13-22-19(24)14-23-17-6-4-5-7-18(17)28(26,27)21(2,3)12-20(23)25/h4-11H,12-14H2,1-3H3,(H,22,24). The van der Waals surface area contributed by atoms with Gasteiger partial charge >= 0.3 is 0 Å². The number of para-hydroxylation sites is 1. The number of sulfone groups is 1. The average Bonchev–Trinajstić information content (AvgIpc) is 2.69. The second-order valence-corrected chi connectivity index (χ2v) is 10.2. The van der Waals surface area contributed by atoms with Crippen LogP contribution in [0.25, 0.3) is 0 Å². The lowest BCUT2D eigenvalue weighted by Crippen LogP contribution is -2.42. The Morgan fingerprint density at radius 2 is 1.75 bits per heavy atom. The van der Waals surface area contributed by atoms with Crippen LogP contribution in [0.5, 0.6) is 0 Å². The van der Waals surface area contributed by atoms with E-state index in [1.807, 2.05) is 31.2 Å². The monoisotopic (exact) mass is 400 g/mol. The highest BCUT2D eigenvalue weighted by Gasteiger charge is 2.44. The average molecular weight is 401 g/mol. The zero-order valence-electron chi connectivity index (χ0n) is 16.2. The van der Waals surface area contributed by atoms with Gasteiger partial charge in [-0.05, 0) is 38.5 Å². The largest absolute Gasteiger partial charge is 0.350 e. The second kappa shape index (κ2) is 7.39. The van der Waals surface area contributed by atoms with Crippen molar-refractivity contribution >= 4 is 27.3 Å². The number of carbonyl (C=O) groups is 2.